The molecule has 0 unspecified atom stereocenters. The van der Waals surface area contributed by atoms with Gasteiger partial charge in [-0.05, 0) is 102 Å². The number of carbonyl (C=O) groups excluding carboxylic acids is 2. The van der Waals surface area contributed by atoms with Crippen molar-refractivity contribution in [3.05, 3.63) is 254 Å². The number of amides is 2. The monoisotopic (exact) mass is 1070 g/mol. The molecule has 382 valence electrons. The van der Waals surface area contributed by atoms with Gasteiger partial charge in [0.15, 0.2) is 17.4 Å². The van der Waals surface area contributed by atoms with E-state index in [4.69, 9.17) is 38.1 Å². The Morgan fingerprint density at radius 2 is 1.16 bits per heavy atom. The normalized spacial score (nSPS) is 10.9. The summed E-state index contributed by atoms with van der Waals surface area (Å²) in [5, 5.41) is 36.1. The van der Waals surface area contributed by atoms with Crippen molar-refractivity contribution in [2.24, 2.45) is 0 Å². The molecule has 0 aliphatic carbocycles. The quantitative estimate of drug-likeness (QED) is 0.0898. The van der Waals surface area contributed by atoms with Crippen molar-refractivity contribution in [2.75, 3.05) is 0 Å². The molecule has 2 amide bonds. The van der Waals surface area contributed by atoms with Crippen molar-refractivity contribution < 1.29 is 31.6 Å². The van der Waals surface area contributed by atoms with Crippen LogP contribution in [0.3, 0.4) is 0 Å². The maximum atomic E-state index is 14.6. The lowest BCUT2D eigenvalue weighted by molar-refractivity contribution is 0.0689. The molecular formula is C57H39Cl2F4N11O3. The predicted octanol–water partition coefficient (Wildman–Crippen LogP) is 11.8. The van der Waals surface area contributed by atoms with E-state index in [1.54, 1.807) is 70.1 Å². The summed E-state index contributed by atoms with van der Waals surface area (Å²) in [5.74, 6) is -2.66. The van der Waals surface area contributed by atoms with E-state index in [2.05, 4.69) is 37.5 Å². The van der Waals surface area contributed by atoms with Gasteiger partial charge in [0.1, 0.15) is 47.4 Å². The topological polar surface area (TPSA) is 176 Å². The molecule has 0 N–H and O–H groups in total. The van der Waals surface area contributed by atoms with Gasteiger partial charge in [-0.2, -0.15) is 10.5 Å². The molecule has 10 rings (SSSR count). The minimum atomic E-state index is -0.787. The van der Waals surface area contributed by atoms with Gasteiger partial charge < -0.3 is 23.4 Å². The summed E-state index contributed by atoms with van der Waals surface area (Å²) in [6.45, 7) is 0.520. The first kappa shape index (κ1) is 52.4. The van der Waals surface area contributed by atoms with Crippen LogP contribution in [0.25, 0.3) is 22.2 Å². The number of hydrogen-bond donors (Lipinski definition) is 0. The van der Waals surface area contributed by atoms with Crippen molar-refractivity contribution in [3.63, 3.8) is 0 Å². The van der Waals surface area contributed by atoms with Crippen molar-refractivity contribution >= 4 is 45.9 Å². The Morgan fingerprint density at radius 1 is 0.571 bits per heavy atom. The van der Waals surface area contributed by atoms with E-state index < -0.39 is 35.1 Å². The van der Waals surface area contributed by atoms with Crippen LogP contribution in [0.15, 0.2) is 169 Å². The molecule has 20 heteroatoms. The molecule has 0 saturated carbocycles. The first-order valence-electron chi connectivity index (χ1n) is 23.4. The van der Waals surface area contributed by atoms with Gasteiger partial charge in [-0.3, -0.25) is 9.59 Å². The molecule has 0 bridgehead atoms. The molecule has 10 aromatic rings. The summed E-state index contributed by atoms with van der Waals surface area (Å²) in [6.07, 6.45) is 3.06. The lowest BCUT2D eigenvalue weighted by Crippen LogP contribution is -2.32. The largest absolute Gasteiger partial charge is 0.451 e. The van der Waals surface area contributed by atoms with Gasteiger partial charge in [0, 0.05) is 51.8 Å². The maximum Gasteiger partial charge on any atom is 0.290 e. The fourth-order valence-corrected chi connectivity index (χ4v) is 8.68. The molecule has 0 saturated heterocycles. The molecular weight excluding hydrogens is 1030 g/mol. The predicted molar refractivity (Wildman–Crippen MR) is 276 cm³/mol. The zero-order valence-corrected chi connectivity index (χ0v) is 41.8. The summed E-state index contributed by atoms with van der Waals surface area (Å²) in [5.41, 5.74) is 4.74. The number of para-hydroxylation sites is 1. The standard InChI is InChI=1S/C29H19Cl2F2N5O2.C28H20F2N6O/c30-22-9-21(10-23(31)11-22)26-7-8-27(40-26)29(39)37(15-20-5-6-24(32)12-25(20)33)16-28-36-35-17-38(28)14-19-3-1-18(13-34)2-4-19;29-23-11-21(12-24(30)13-23)16-35(28(37)26-10-9-22-3-1-2-4-25(22)33-26)17-27-34-32-18-36(27)15-20-7-5-19(14-31)6-8-20/h1-12,17H,14-16H2;1-13,18H,15-17H2. The van der Waals surface area contributed by atoms with Gasteiger partial charge in [-0.25, -0.2) is 22.5 Å². The van der Waals surface area contributed by atoms with Gasteiger partial charge >= 0.3 is 0 Å². The van der Waals surface area contributed by atoms with Crippen LogP contribution in [0.5, 0.6) is 0 Å². The van der Waals surface area contributed by atoms with E-state index in [-0.39, 0.29) is 43.2 Å². The van der Waals surface area contributed by atoms with Crippen LogP contribution in [0.1, 0.15) is 66.1 Å². The number of halogens is 6. The Bertz CT molecular complexity index is 3810. The van der Waals surface area contributed by atoms with E-state index >= 15 is 0 Å². The second-order valence-corrected chi connectivity index (χ2v) is 18.3. The Hall–Kier alpha value is -9.49. The maximum absolute atomic E-state index is 14.6. The Morgan fingerprint density at radius 3 is 1.74 bits per heavy atom. The Labute approximate surface area is 447 Å². The molecule has 0 aliphatic rings. The molecule has 0 fully saturated rings. The second-order valence-electron chi connectivity index (χ2n) is 17.4. The number of furan rings is 1. The number of nitriles is 2. The summed E-state index contributed by atoms with van der Waals surface area (Å²) in [6, 6.07) is 43.5. The molecule has 0 atom stereocenters. The number of pyridine rings is 1. The Kier molecular flexibility index (Phi) is 16.2. The highest BCUT2D eigenvalue weighted by Gasteiger charge is 2.25. The number of nitrogens with zero attached hydrogens (tertiary/aromatic N) is 11. The van der Waals surface area contributed by atoms with E-state index in [9.17, 15) is 27.2 Å². The van der Waals surface area contributed by atoms with Crippen LogP contribution in [0.4, 0.5) is 17.6 Å². The number of aromatic nitrogens is 7. The molecule has 6 aromatic carbocycles. The van der Waals surface area contributed by atoms with Gasteiger partial charge in [-0.15, -0.1) is 20.4 Å². The van der Waals surface area contributed by atoms with Crippen molar-refractivity contribution in [1.82, 2.24) is 44.3 Å². The summed E-state index contributed by atoms with van der Waals surface area (Å²) in [4.78, 5) is 34.6. The van der Waals surface area contributed by atoms with Crippen LogP contribution in [0.2, 0.25) is 10.0 Å². The third kappa shape index (κ3) is 13.3. The molecule has 0 aliphatic heterocycles. The average molecular weight is 1070 g/mol. The summed E-state index contributed by atoms with van der Waals surface area (Å²) >= 11 is 12.2. The van der Waals surface area contributed by atoms with E-state index in [0.29, 0.717) is 68.3 Å². The number of benzene rings is 6. The molecule has 0 radical (unpaired) electrons. The SMILES string of the molecule is N#Cc1ccc(Cn2cnnc2CN(Cc2cc(F)cc(F)c2)C(=O)c2ccc3ccccc3n2)cc1.N#Cc1ccc(Cn2cnnc2CN(Cc2ccc(F)cc2F)C(=O)c2ccc(-c3cc(Cl)cc(Cl)c3)o2)cc1. The number of hydrogen-bond acceptors (Lipinski definition) is 10. The fraction of sp³-hybridized carbons (Fsp3) is 0.105. The van der Waals surface area contributed by atoms with Crippen LogP contribution in [0, 0.1) is 45.9 Å². The molecule has 14 nitrogen and oxygen atoms in total. The first-order chi connectivity index (χ1) is 37.3. The third-order valence-corrected chi connectivity index (χ3v) is 12.4. The van der Waals surface area contributed by atoms with E-state index in [0.717, 1.165) is 34.7 Å². The smallest absolute Gasteiger partial charge is 0.290 e. The average Bonchev–Trinajstić information content (AvgIpc) is 4.21. The molecule has 77 heavy (non-hydrogen) atoms. The molecule has 4 aromatic heterocycles. The summed E-state index contributed by atoms with van der Waals surface area (Å²) < 4.78 is 65.3. The highest BCUT2D eigenvalue weighted by Crippen LogP contribution is 2.30. The number of rotatable bonds is 15. The zero-order valence-electron chi connectivity index (χ0n) is 40.2. The van der Waals surface area contributed by atoms with Crippen molar-refractivity contribution in [2.45, 2.75) is 39.3 Å². The lowest BCUT2D eigenvalue weighted by Gasteiger charge is -2.23. The van der Waals surface area contributed by atoms with Gasteiger partial charge in [0.2, 0.25) is 0 Å². The van der Waals surface area contributed by atoms with Crippen LogP contribution < -0.4 is 0 Å². The van der Waals surface area contributed by atoms with Crippen molar-refractivity contribution in [1.29, 1.82) is 10.5 Å². The minimum Gasteiger partial charge on any atom is -0.451 e. The fourth-order valence-electron chi connectivity index (χ4n) is 8.16. The lowest BCUT2D eigenvalue weighted by atomic mass is 10.1. The van der Waals surface area contributed by atoms with Gasteiger partial charge in [-0.1, -0.05) is 77.8 Å². The first-order valence-corrected chi connectivity index (χ1v) is 24.1. The van der Waals surface area contributed by atoms with Crippen LogP contribution in [-0.2, 0) is 39.3 Å². The molecule has 0 spiro atoms. The number of carbonyl (C=O) groups is 2. The van der Waals surface area contributed by atoms with Crippen LogP contribution >= 0.6 is 23.2 Å². The van der Waals surface area contributed by atoms with Crippen LogP contribution in [-0.4, -0.2) is 56.1 Å². The van der Waals surface area contributed by atoms with Gasteiger partial charge in [0.05, 0.1) is 55.0 Å². The minimum absolute atomic E-state index is 0.00762. The second kappa shape index (κ2) is 23.8. The Balaban J connectivity index is 0.000000188. The third-order valence-electron chi connectivity index (χ3n) is 12.0. The highest BCUT2D eigenvalue weighted by atomic mass is 35.5. The van der Waals surface area contributed by atoms with Gasteiger partial charge in [0.25, 0.3) is 11.8 Å². The zero-order chi connectivity index (χ0) is 54.0. The molecule has 4 heterocycles. The van der Waals surface area contributed by atoms with Crippen molar-refractivity contribution in [3.8, 4) is 23.5 Å². The number of fused-ring (bicyclic) bond motifs is 1. The van der Waals surface area contributed by atoms with E-state index in [1.807, 2.05) is 54.6 Å². The highest BCUT2D eigenvalue weighted by molar-refractivity contribution is 6.35. The summed E-state index contributed by atoms with van der Waals surface area (Å²) in [7, 11) is 0. The van der Waals surface area contributed by atoms with E-state index in [1.165, 1.54) is 40.4 Å².